The van der Waals surface area contributed by atoms with Gasteiger partial charge in [-0.05, 0) is 56.0 Å². The number of aromatic nitrogens is 1. The molecule has 1 aliphatic carbocycles. The molecular formula is C18H31N3. The van der Waals surface area contributed by atoms with E-state index in [0.29, 0.717) is 17.5 Å². The van der Waals surface area contributed by atoms with Gasteiger partial charge in [0, 0.05) is 31.0 Å². The van der Waals surface area contributed by atoms with Crippen LogP contribution >= 0.6 is 0 Å². The van der Waals surface area contributed by atoms with Gasteiger partial charge in [-0.3, -0.25) is 9.88 Å². The highest BCUT2D eigenvalue weighted by molar-refractivity contribution is 5.10. The number of nitrogens with one attached hydrogen (secondary N) is 1. The van der Waals surface area contributed by atoms with Crippen LogP contribution in [0.3, 0.4) is 0 Å². The Hall–Kier alpha value is -0.930. The lowest BCUT2D eigenvalue weighted by Gasteiger charge is -2.48. The average molecular weight is 289 g/mol. The highest BCUT2D eigenvalue weighted by Crippen LogP contribution is 2.37. The first-order valence-corrected chi connectivity index (χ1v) is 8.37. The maximum Gasteiger partial charge on any atom is 0.0274 e. The van der Waals surface area contributed by atoms with E-state index in [4.69, 9.17) is 0 Å². The molecular weight excluding hydrogens is 258 g/mol. The molecule has 0 aliphatic heterocycles. The Labute approximate surface area is 130 Å². The lowest BCUT2D eigenvalue weighted by Crippen LogP contribution is -2.58. The summed E-state index contributed by atoms with van der Waals surface area (Å²) in [5, 5.41) is 3.82. The molecule has 21 heavy (non-hydrogen) atoms. The van der Waals surface area contributed by atoms with Crippen LogP contribution in [-0.2, 0) is 6.54 Å². The van der Waals surface area contributed by atoms with E-state index < -0.39 is 0 Å². The molecule has 3 heteroatoms. The molecule has 0 aromatic carbocycles. The molecule has 1 aromatic heterocycles. The number of nitrogens with zero attached hydrogens (tertiary/aromatic N) is 2. The quantitative estimate of drug-likeness (QED) is 0.869. The summed E-state index contributed by atoms with van der Waals surface area (Å²) in [5.74, 6) is 0. The van der Waals surface area contributed by atoms with Crippen molar-refractivity contribution in [3.63, 3.8) is 0 Å². The molecule has 3 nitrogen and oxygen atoms in total. The topological polar surface area (TPSA) is 28.2 Å². The van der Waals surface area contributed by atoms with Crippen LogP contribution in [0.1, 0.15) is 52.0 Å². The average Bonchev–Trinajstić information content (AvgIpc) is 2.46. The maximum atomic E-state index is 4.11. The molecule has 0 spiro atoms. The summed E-state index contributed by atoms with van der Waals surface area (Å²) in [6.45, 7) is 9.22. The Bertz CT molecular complexity index is 416. The van der Waals surface area contributed by atoms with Gasteiger partial charge in [-0.25, -0.2) is 0 Å². The van der Waals surface area contributed by atoms with Gasteiger partial charge in [0.1, 0.15) is 0 Å². The predicted molar refractivity (Wildman–Crippen MR) is 89.2 cm³/mol. The van der Waals surface area contributed by atoms with E-state index in [1.807, 2.05) is 12.4 Å². The predicted octanol–water partition coefficient (Wildman–Crippen LogP) is 3.46. The van der Waals surface area contributed by atoms with Crippen molar-refractivity contribution in [2.45, 2.75) is 65.1 Å². The molecule has 0 bridgehead atoms. The molecule has 1 aliphatic rings. The molecule has 0 amide bonds. The number of likely N-dealkylation sites (N-methyl/N-ethyl adjacent to an activating group) is 1. The molecule has 2 unspecified atom stereocenters. The number of rotatable bonds is 6. The van der Waals surface area contributed by atoms with Crippen LogP contribution in [0.4, 0.5) is 0 Å². The van der Waals surface area contributed by atoms with Crippen molar-refractivity contribution in [3.05, 3.63) is 30.1 Å². The van der Waals surface area contributed by atoms with Crippen molar-refractivity contribution >= 4 is 0 Å². The van der Waals surface area contributed by atoms with Gasteiger partial charge in [-0.1, -0.05) is 27.2 Å². The summed E-state index contributed by atoms with van der Waals surface area (Å²) in [6, 6.07) is 5.45. The van der Waals surface area contributed by atoms with Gasteiger partial charge in [0.2, 0.25) is 0 Å². The summed E-state index contributed by atoms with van der Waals surface area (Å²) < 4.78 is 0. The SMILES string of the molecule is CCCNC1C(N(C)Cc2ccncc2)CCCC1(C)C. The van der Waals surface area contributed by atoms with E-state index in [0.717, 1.165) is 13.1 Å². The first-order valence-electron chi connectivity index (χ1n) is 8.37. The summed E-state index contributed by atoms with van der Waals surface area (Å²) in [4.78, 5) is 6.64. The number of hydrogen-bond acceptors (Lipinski definition) is 3. The zero-order valence-corrected chi connectivity index (χ0v) is 14.1. The normalized spacial score (nSPS) is 25.2. The standard InChI is InChI=1S/C18H31N3/c1-5-11-20-17-16(7-6-10-18(17,2)3)21(4)14-15-8-12-19-13-9-15/h8-9,12-13,16-17,20H,5-7,10-11,14H2,1-4H3. The largest absolute Gasteiger partial charge is 0.312 e. The zero-order valence-electron chi connectivity index (χ0n) is 14.1. The second-order valence-electron chi connectivity index (χ2n) is 7.15. The minimum atomic E-state index is 0.380. The summed E-state index contributed by atoms with van der Waals surface area (Å²) >= 11 is 0. The van der Waals surface area contributed by atoms with Gasteiger partial charge in [0.25, 0.3) is 0 Å². The fourth-order valence-corrected chi connectivity index (χ4v) is 3.69. The van der Waals surface area contributed by atoms with Gasteiger partial charge < -0.3 is 5.32 Å². The Kier molecular flexibility index (Phi) is 5.77. The molecule has 1 saturated carbocycles. The van der Waals surface area contributed by atoms with Crippen LogP contribution in [0, 0.1) is 5.41 Å². The minimum Gasteiger partial charge on any atom is -0.312 e. The maximum absolute atomic E-state index is 4.11. The van der Waals surface area contributed by atoms with E-state index >= 15 is 0 Å². The van der Waals surface area contributed by atoms with Gasteiger partial charge in [0.05, 0.1) is 0 Å². The van der Waals surface area contributed by atoms with Crippen molar-refractivity contribution in [2.24, 2.45) is 5.41 Å². The van der Waals surface area contributed by atoms with Crippen molar-refractivity contribution in [1.82, 2.24) is 15.2 Å². The monoisotopic (exact) mass is 289 g/mol. The molecule has 0 saturated heterocycles. The van der Waals surface area contributed by atoms with Crippen LogP contribution in [0.2, 0.25) is 0 Å². The second kappa shape index (κ2) is 7.37. The molecule has 1 N–H and O–H groups in total. The third-order valence-corrected chi connectivity index (χ3v) is 4.91. The molecule has 0 radical (unpaired) electrons. The van der Waals surface area contributed by atoms with E-state index in [2.05, 4.69) is 55.2 Å². The Morgan fingerprint density at radius 2 is 2.05 bits per heavy atom. The molecule has 1 heterocycles. The fourth-order valence-electron chi connectivity index (χ4n) is 3.69. The Morgan fingerprint density at radius 3 is 2.71 bits per heavy atom. The van der Waals surface area contributed by atoms with E-state index in [9.17, 15) is 0 Å². The lowest BCUT2D eigenvalue weighted by molar-refractivity contribution is 0.0589. The number of pyridine rings is 1. The molecule has 1 fully saturated rings. The van der Waals surface area contributed by atoms with E-state index in [1.165, 1.54) is 31.2 Å². The number of hydrogen-bond donors (Lipinski definition) is 1. The molecule has 2 atom stereocenters. The molecule has 1 aromatic rings. The molecule has 2 rings (SSSR count). The third kappa shape index (κ3) is 4.27. The highest BCUT2D eigenvalue weighted by atomic mass is 15.2. The van der Waals surface area contributed by atoms with Crippen molar-refractivity contribution in [1.29, 1.82) is 0 Å². The summed E-state index contributed by atoms with van der Waals surface area (Å²) in [7, 11) is 2.27. The first kappa shape index (κ1) is 16.4. The smallest absolute Gasteiger partial charge is 0.0274 e. The third-order valence-electron chi connectivity index (χ3n) is 4.91. The van der Waals surface area contributed by atoms with Crippen LogP contribution in [0.5, 0.6) is 0 Å². The van der Waals surface area contributed by atoms with Gasteiger partial charge in [-0.15, -0.1) is 0 Å². The Morgan fingerprint density at radius 1 is 1.33 bits per heavy atom. The lowest BCUT2D eigenvalue weighted by atomic mass is 9.70. The van der Waals surface area contributed by atoms with Crippen LogP contribution in [0.15, 0.2) is 24.5 Å². The van der Waals surface area contributed by atoms with Crippen LogP contribution in [-0.4, -0.2) is 35.6 Å². The zero-order chi connectivity index (χ0) is 15.3. The van der Waals surface area contributed by atoms with Gasteiger partial charge >= 0.3 is 0 Å². The van der Waals surface area contributed by atoms with Crippen molar-refractivity contribution < 1.29 is 0 Å². The van der Waals surface area contributed by atoms with Crippen LogP contribution < -0.4 is 5.32 Å². The Balaban J connectivity index is 2.06. The fraction of sp³-hybridized carbons (Fsp3) is 0.722. The first-order chi connectivity index (χ1) is 10.0. The summed E-state index contributed by atoms with van der Waals surface area (Å²) in [5.41, 5.74) is 1.73. The minimum absolute atomic E-state index is 0.380. The van der Waals surface area contributed by atoms with E-state index in [-0.39, 0.29) is 0 Å². The molecule has 118 valence electrons. The second-order valence-corrected chi connectivity index (χ2v) is 7.15. The highest BCUT2D eigenvalue weighted by Gasteiger charge is 2.40. The van der Waals surface area contributed by atoms with E-state index in [1.54, 1.807) is 0 Å². The van der Waals surface area contributed by atoms with Crippen LogP contribution in [0.25, 0.3) is 0 Å². The van der Waals surface area contributed by atoms with Gasteiger partial charge in [0.15, 0.2) is 0 Å². The van der Waals surface area contributed by atoms with Gasteiger partial charge in [-0.2, -0.15) is 0 Å². The summed E-state index contributed by atoms with van der Waals surface area (Å²) in [6.07, 6.45) is 8.94. The van der Waals surface area contributed by atoms with Crippen molar-refractivity contribution in [2.75, 3.05) is 13.6 Å². The van der Waals surface area contributed by atoms with Crippen molar-refractivity contribution in [3.8, 4) is 0 Å².